The Morgan fingerprint density at radius 2 is 1.71 bits per heavy atom. The van der Waals surface area contributed by atoms with Crippen LogP contribution in [0.4, 0.5) is 11.6 Å². The topological polar surface area (TPSA) is 85.3 Å². The Morgan fingerprint density at radius 3 is 2.52 bits per heavy atom. The number of hydrogen-bond donors (Lipinski definition) is 1. The number of benzene rings is 1. The molecule has 8 heteroatoms. The van der Waals surface area contributed by atoms with Gasteiger partial charge in [-0.05, 0) is 43.7 Å². The van der Waals surface area contributed by atoms with E-state index in [0.29, 0.717) is 11.9 Å². The Kier molecular flexibility index (Phi) is 6.06. The molecule has 0 bridgehead atoms. The highest BCUT2D eigenvalue weighted by Crippen LogP contribution is 2.34. The van der Waals surface area contributed by atoms with E-state index < -0.39 is 0 Å². The van der Waals surface area contributed by atoms with Gasteiger partial charge in [-0.3, -0.25) is 4.98 Å². The van der Waals surface area contributed by atoms with Crippen molar-refractivity contribution in [3.05, 3.63) is 43.0 Å². The molecule has 2 fully saturated rings. The zero-order chi connectivity index (χ0) is 20.9. The monoisotopic (exact) mass is 420 g/mol. The smallest absolute Gasteiger partial charge is 0.222 e. The number of nitrogens with zero attached hydrogens (tertiary/aromatic N) is 5. The van der Waals surface area contributed by atoms with E-state index in [2.05, 4.69) is 42.3 Å². The Labute approximate surface area is 182 Å². The molecule has 2 aromatic heterocycles. The summed E-state index contributed by atoms with van der Waals surface area (Å²) in [6, 6.07) is 6.06. The third kappa shape index (κ3) is 4.85. The molecule has 2 aliphatic rings. The highest BCUT2D eigenvalue weighted by Gasteiger charge is 2.24. The van der Waals surface area contributed by atoms with Crippen molar-refractivity contribution in [3.8, 4) is 5.75 Å². The van der Waals surface area contributed by atoms with Crippen LogP contribution in [0, 0.1) is 5.92 Å². The fourth-order valence-electron chi connectivity index (χ4n) is 4.38. The van der Waals surface area contributed by atoms with E-state index in [1.165, 1.54) is 0 Å². The quantitative estimate of drug-likeness (QED) is 0.650. The molecule has 8 nitrogen and oxygen atoms in total. The van der Waals surface area contributed by atoms with Gasteiger partial charge in [0, 0.05) is 56.2 Å². The number of hydrogen-bond acceptors (Lipinski definition) is 8. The summed E-state index contributed by atoms with van der Waals surface area (Å²) in [7, 11) is 0. The van der Waals surface area contributed by atoms with Gasteiger partial charge >= 0.3 is 0 Å². The third-order valence-corrected chi connectivity index (χ3v) is 6.10. The minimum absolute atomic E-state index is 0.203. The molecule has 0 radical (unpaired) electrons. The zero-order valence-electron chi connectivity index (χ0n) is 17.6. The second-order valence-electron chi connectivity index (χ2n) is 8.18. The van der Waals surface area contributed by atoms with E-state index in [-0.39, 0.29) is 6.10 Å². The Balaban J connectivity index is 1.24. The molecule has 31 heavy (non-hydrogen) atoms. The number of rotatable bonds is 6. The minimum atomic E-state index is 0.203. The average molecular weight is 421 g/mol. The van der Waals surface area contributed by atoms with Gasteiger partial charge in [0.15, 0.2) is 0 Å². The summed E-state index contributed by atoms with van der Waals surface area (Å²) in [5, 5.41) is 3.35. The van der Waals surface area contributed by atoms with Crippen LogP contribution < -0.4 is 15.0 Å². The SMILES string of the molecule is c1cnc(NCC2CCC(Oc3cc(N4CCOCC4)cc4nccnc34)CC2)nc1. The summed E-state index contributed by atoms with van der Waals surface area (Å²) in [5.74, 6) is 2.15. The number of fused-ring (bicyclic) bond motifs is 1. The number of nitrogens with one attached hydrogen (secondary N) is 1. The molecule has 1 N–H and O–H groups in total. The summed E-state index contributed by atoms with van der Waals surface area (Å²) < 4.78 is 12.0. The van der Waals surface area contributed by atoms with Crippen molar-refractivity contribution < 1.29 is 9.47 Å². The summed E-state index contributed by atoms with van der Waals surface area (Å²) in [6.45, 7) is 4.17. The van der Waals surface area contributed by atoms with Crippen molar-refractivity contribution in [3.63, 3.8) is 0 Å². The van der Waals surface area contributed by atoms with Gasteiger partial charge in [-0.2, -0.15) is 0 Å². The van der Waals surface area contributed by atoms with E-state index >= 15 is 0 Å². The lowest BCUT2D eigenvalue weighted by atomic mass is 9.87. The van der Waals surface area contributed by atoms with Gasteiger partial charge in [0.2, 0.25) is 5.95 Å². The molecule has 1 aromatic carbocycles. The largest absolute Gasteiger partial charge is 0.488 e. The van der Waals surface area contributed by atoms with Gasteiger partial charge in [0.25, 0.3) is 0 Å². The molecule has 0 spiro atoms. The lowest BCUT2D eigenvalue weighted by Gasteiger charge is -2.31. The Hall–Kier alpha value is -3.00. The maximum Gasteiger partial charge on any atom is 0.222 e. The van der Waals surface area contributed by atoms with Crippen LogP contribution in [0.5, 0.6) is 5.75 Å². The number of morpholine rings is 1. The molecule has 1 aliphatic heterocycles. The highest BCUT2D eigenvalue weighted by molar-refractivity contribution is 5.85. The van der Waals surface area contributed by atoms with E-state index in [0.717, 1.165) is 81.0 Å². The standard InChI is InChI=1S/C23H28N6O2/c1-6-26-23(27-7-1)28-16-17-2-4-19(5-3-17)31-21-15-18(29-10-12-30-13-11-29)14-20-22(21)25-9-8-24-20/h1,6-9,14-15,17,19H,2-5,10-13,16H2,(H,26,27,28). The first-order valence-corrected chi connectivity index (χ1v) is 11.1. The van der Waals surface area contributed by atoms with E-state index in [9.17, 15) is 0 Å². The first-order valence-electron chi connectivity index (χ1n) is 11.1. The molecule has 162 valence electrons. The normalized spacial score (nSPS) is 21.7. The molecular formula is C23H28N6O2. The molecule has 1 saturated carbocycles. The van der Waals surface area contributed by atoms with Crippen molar-refractivity contribution in [2.24, 2.45) is 5.92 Å². The van der Waals surface area contributed by atoms with Crippen LogP contribution in [0.3, 0.4) is 0 Å². The van der Waals surface area contributed by atoms with Crippen LogP contribution in [-0.4, -0.2) is 58.9 Å². The maximum absolute atomic E-state index is 6.51. The van der Waals surface area contributed by atoms with E-state index in [1.807, 2.05) is 6.07 Å². The summed E-state index contributed by atoms with van der Waals surface area (Å²) >= 11 is 0. The van der Waals surface area contributed by atoms with Gasteiger partial charge < -0.3 is 19.7 Å². The Bertz CT molecular complexity index is 988. The van der Waals surface area contributed by atoms with Crippen molar-refractivity contribution >= 4 is 22.7 Å². The van der Waals surface area contributed by atoms with Crippen LogP contribution >= 0.6 is 0 Å². The van der Waals surface area contributed by atoms with Crippen LogP contribution in [0.15, 0.2) is 43.0 Å². The number of aromatic nitrogens is 4. The predicted molar refractivity (Wildman–Crippen MR) is 119 cm³/mol. The predicted octanol–water partition coefficient (Wildman–Crippen LogP) is 3.31. The third-order valence-electron chi connectivity index (χ3n) is 6.10. The van der Waals surface area contributed by atoms with Crippen molar-refractivity contribution in [1.29, 1.82) is 0 Å². The van der Waals surface area contributed by atoms with Crippen LogP contribution in [0.25, 0.3) is 11.0 Å². The lowest BCUT2D eigenvalue weighted by Crippen LogP contribution is -2.36. The lowest BCUT2D eigenvalue weighted by molar-refractivity contribution is 0.122. The number of anilines is 2. The molecule has 0 atom stereocenters. The highest BCUT2D eigenvalue weighted by atomic mass is 16.5. The van der Waals surface area contributed by atoms with Gasteiger partial charge in [-0.1, -0.05) is 0 Å². The summed E-state index contributed by atoms with van der Waals surface area (Å²) in [6.07, 6.45) is 11.5. The summed E-state index contributed by atoms with van der Waals surface area (Å²) in [5.41, 5.74) is 2.85. The molecule has 1 aliphatic carbocycles. The van der Waals surface area contributed by atoms with Crippen molar-refractivity contribution in [1.82, 2.24) is 19.9 Å². The minimum Gasteiger partial charge on any atom is -0.488 e. The second kappa shape index (κ2) is 9.43. The summed E-state index contributed by atoms with van der Waals surface area (Å²) in [4.78, 5) is 19.9. The van der Waals surface area contributed by atoms with E-state index in [1.54, 1.807) is 24.8 Å². The van der Waals surface area contributed by atoms with Crippen molar-refractivity contribution in [2.45, 2.75) is 31.8 Å². The molecular weight excluding hydrogens is 392 g/mol. The molecule has 0 unspecified atom stereocenters. The molecule has 5 rings (SSSR count). The Morgan fingerprint density at radius 1 is 0.935 bits per heavy atom. The molecule has 0 amide bonds. The average Bonchev–Trinajstić information content (AvgIpc) is 2.85. The fraction of sp³-hybridized carbons (Fsp3) is 0.478. The van der Waals surface area contributed by atoms with Crippen LogP contribution in [-0.2, 0) is 4.74 Å². The maximum atomic E-state index is 6.51. The fourth-order valence-corrected chi connectivity index (χ4v) is 4.38. The van der Waals surface area contributed by atoms with Gasteiger partial charge in [0.1, 0.15) is 11.3 Å². The van der Waals surface area contributed by atoms with Crippen molar-refractivity contribution in [2.75, 3.05) is 43.1 Å². The molecule has 3 heterocycles. The molecule has 1 saturated heterocycles. The van der Waals surface area contributed by atoms with Gasteiger partial charge in [-0.15, -0.1) is 0 Å². The first-order chi connectivity index (χ1) is 15.3. The zero-order valence-corrected chi connectivity index (χ0v) is 17.6. The number of ether oxygens (including phenoxy) is 2. The molecule has 3 aromatic rings. The van der Waals surface area contributed by atoms with Gasteiger partial charge in [-0.25, -0.2) is 15.0 Å². The second-order valence-corrected chi connectivity index (χ2v) is 8.18. The van der Waals surface area contributed by atoms with Gasteiger partial charge in [0.05, 0.1) is 24.8 Å². The first kappa shape index (κ1) is 19.9. The van der Waals surface area contributed by atoms with Crippen LogP contribution in [0.1, 0.15) is 25.7 Å². The van der Waals surface area contributed by atoms with E-state index in [4.69, 9.17) is 9.47 Å². The van der Waals surface area contributed by atoms with Crippen LogP contribution in [0.2, 0.25) is 0 Å².